The molecule has 1 heterocycles. The zero-order valence-corrected chi connectivity index (χ0v) is 10.9. The van der Waals surface area contributed by atoms with Gasteiger partial charge in [0.05, 0.1) is 18.2 Å². The third-order valence-corrected chi connectivity index (χ3v) is 2.82. The van der Waals surface area contributed by atoms with Gasteiger partial charge in [-0.3, -0.25) is 9.59 Å². The van der Waals surface area contributed by atoms with Crippen molar-refractivity contribution in [2.75, 3.05) is 6.61 Å². The van der Waals surface area contributed by atoms with Crippen molar-refractivity contribution in [3.8, 4) is 11.8 Å². The molecule has 0 spiro atoms. The van der Waals surface area contributed by atoms with Crippen LogP contribution >= 0.6 is 0 Å². The maximum absolute atomic E-state index is 11.7. The maximum atomic E-state index is 11.7. The highest BCUT2D eigenvalue weighted by Crippen LogP contribution is 2.11. The zero-order valence-electron chi connectivity index (χ0n) is 10.9. The van der Waals surface area contributed by atoms with Gasteiger partial charge in [-0.1, -0.05) is 0 Å². The second-order valence-electron chi connectivity index (χ2n) is 4.20. The molecule has 0 aliphatic rings. The number of rotatable bonds is 4. The van der Waals surface area contributed by atoms with E-state index < -0.39 is 11.1 Å². The summed E-state index contributed by atoms with van der Waals surface area (Å²) in [6, 6.07) is 8.69. The molecule has 0 N–H and O–H groups in total. The van der Waals surface area contributed by atoms with Gasteiger partial charge in [-0.2, -0.15) is 5.26 Å². The van der Waals surface area contributed by atoms with Gasteiger partial charge in [-0.25, -0.2) is 0 Å². The molecule has 102 valence electrons. The minimum absolute atomic E-state index is 0.263. The Balaban J connectivity index is 2.00. The Morgan fingerprint density at radius 1 is 1.15 bits per heavy atom. The van der Waals surface area contributed by atoms with Crippen LogP contribution in [0.4, 0.5) is 0 Å². The standard InChI is InChI=1S/C14H13N3O3/c1-16-6-7-17(14(19)13(16)18)8-9-20-12-4-2-11(10-15)3-5-12/h2-7H,8-9H2,1H3. The van der Waals surface area contributed by atoms with Gasteiger partial charge in [0.25, 0.3) is 0 Å². The first-order valence-corrected chi connectivity index (χ1v) is 6.01. The number of hydrogen-bond acceptors (Lipinski definition) is 4. The summed E-state index contributed by atoms with van der Waals surface area (Å²) < 4.78 is 8.00. The second-order valence-corrected chi connectivity index (χ2v) is 4.20. The van der Waals surface area contributed by atoms with Crippen molar-refractivity contribution in [2.45, 2.75) is 6.54 Å². The number of nitrogens with zero attached hydrogens (tertiary/aromatic N) is 3. The van der Waals surface area contributed by atoms with E-state index in [0.717, 1.165) is 0 Å². The first-order chi connectivity index (χ1) is 9.61. The van der Waals surface area contributed by atoms with E-state index >= 15 is 0 Å². The van der Waals surface area contributed by atoms with Crippen molar-refractivity contribution in [1.29, 1.82) is 5.26 Å². The summed E-state index contributed by atoms with van der Waals surface area (Å²) in [5, 5.41) is 8.67. The van der Waals surface area contributed by atoms with E-state index in [2.05, 4.69) is 0 Å². The van der Waals surface area contributed by atoms with E-state index in [1.807, 2.05) is 6.07 Å². The molecule has 20 heavy (non-hydrogen) atoms. The van der Waals surface area contributed by atoms with Crippen LogP contribution in [-0.2, 0) is 13.6 Å². The van der Waals surface area contributed by atoms with Crippen molar-refractivity contribution in [2.24, 2.45) is 7.05 Å². The Bertz CT molecular complexity index is 751. The predicted molar refractivity (Wildman–Crippen MR) is 72.6 cm³/mol. The average molecular weight is 271 g/mol. The molecule has 0 atom stereocenters. The van der Waals surface area contributed by atoms with Gasteiger partial charge in [0.2, 0.25) is 0 Å². The van der Waals surface area contributed by atoms with Crippen LogP contribution in [0.5, 0.6) is 5.75 Å². The lowest BCUT2D eigenvalue weighted by Gasteiger charge is -2.08. The summed E-state index contributed by atoms with van der Waals surface area (Å²) >= 11 is 0. The van der Waals surface area contributed by atoms with Crippen molar-refractivity contribution in [1.82, 2.24) is 9.13 Å². The molecule has 0 fully saturated rings. The minimum atomic E-state index is -0.571. The molecule has 2 rings (SSSR count). The highest BCUT2D eigenvalue weighted by molar-refractivity contribution is 5.34. The summed E-state index contributed by atoms with van der Waals surface area (Å²) in [5.41, 5.74) is -0.579. The van der Waals surface area contributed by atoms with E-state index in [-0.39, 0.29) is 13.2 Å². The Kier molecular flexibility index (Phi) is 4.01. The van der Waals surface area contributed by atoms with Gasteiger partial charge in [-0.15, -0.1) is 0 Å². The van der Waals surface area contributed by atoms with Crippen LogP contribution in [0.3, 0.4) is 0 Å². The van der Waals surface area contributed by atoms with Crippen molar-refractivity contribution in [3.05, 3.63) is 62.9 Å². The van der Waals surface area contributed by atoms with Crippen LogP contribution in [0.1, 0.15) is 5.56 Å². The molecule has 2 aromatic rings. The Labute approximate surface area is 115 Å². The van der Waals surface area contributed by atoms with E-state index in [1.54, 1.807) is 30.5 Å². The lowest BCUT2D eigenvalue weighted by atomic mass is 10.2. The van der Waals surface area contributed by atoms with Crippen molar-refractivity contribution in [3.63, 3.8) is 0 Å². The third-order valence-electron chi connectivity index (χ3n) is 2.82. The van der Waals surface area contributed by atoms with E-state index in [9.17, 15) is 9.59 Å². The lowest BCUT2D eigenvalue weighted by Crippen LogP contribution is -2.40. The van der Waals surface area contributed by atoms with Gasteiger partial charge in [0, 0.05) is 19.4 Å². The molecule has 1 aromatic carbocycles. The predicted octanol–water partition coefficient (Wildman–Crippen LogP) is 0.498. The fourth-order valence-electron chi connectivity index (χ4n) is 1.65. The number of benzene rings is 1. The lowest BCUT2D eigenvalue weighted by molar-refractivity contribution is 0.295. The summed E-state index contributed by atoms with van der Waals surface area (Å²) in [7, 11) is 1.53. The Morgan fingerprint density at radius 3 is 2.50 bits per heavy atom. The SMILES string of the molecule is Cn1ccn(CCOc2ccc(C#N)cc2)c(=O)c1=O. The molecular weight excluding hydrogens is 258 g/mol. The highest BCUT2D eigenvalue weighted by atomic mass is 16.5. The number of hydrogen-bond donors (Lipinski definition) is 0. The number of ether oxygens (including phenoxy) is 1. The molecule has 0 radical (unpaired) electrons. The molecule has 0 aliphatic heterocycles. The fourth-order valence-corrected chi connectivity index (χ4v) is 1.65. The minimum Gasteiger partial charge on any atom is -0.492 e. The van der Waals surface area contributed by atoms with Crippen LogP contribution in [0.15, 0.2) is 46.2 Å². The van der Waals surface area contributed by atoms with Crippen molar-refractivity contribution < 1.29 is 4.74 Å². The molecule has 6 heteroatoms. The Morgan fingerprint density at radius 2 is 1.85 bits per heavy atom. The number of aryl methyl sites for hydroxylation is 1. The van der Waals surface area contributed by atoms with Crippen LogP contribution in [0.2, 0.25) is 0 Å². The van der Waals surface area contributed by atoms with E-state index in [0.29, 0.717) is 11.3 Å². The highest BCUT2D eigenvalue weighted by Gasteiger charge is 2.02. The molecule has 0 bridgehead atoms. The zero-order chi connectivity index (χ0) is 14.5. The van der Waals surface area contributed by atoms with Gasteiger partial charge in [0.15, 0.2) is 0 Å². The quantitative estimate of drug-likeness (QED) is 0.759. The van der Waals surface area contributed by atoms with Gasteiger partial charge >= 0.3 is 11.1 Å². The van der Waals surface area contributed by atoms with Crippen LogP contribution < -0.4 is 15.9 Å². The van der Waals surface area contributed by atoms with Gasteiger partial charge in [0.1, 0.15) is 12.4 Å². The smallest absolute Gasteiger partial charge is 0.316 e. The summed E-state index contributed by atoms with van der Waals surface area (Å²) in [4.78, 5) is 23.1. The Hall–Kier alpha value is -2.81. The van der Waals surface area contributed by atoms with Crippen LogP contribution in [0, 0.1) is 11.3 Å². The largest absolute Gasteiger partial charge is 0.492 e. The normalized spacial score (nSPS) is 10.0. The molecule has 0 unspecified atom stereocenters. The first-order valence-electron chi connectivity index (χ1n) is 6.01. The number of nitriles is 1. The van der Waals surface area contributed by atoms with Gasteiger partial charge in [-0.05, 0) is 24.3 Å². The topological polar surface area (TPSA) is 77.0 Å². The molecule has 6 nitrogen and oxygen atoms in total. The summed E-state index contributed by atoms with van der Waals surface area (Å²) in [5.74, 6) is 0.612. The second kappa shape index (κ2) is 5.89. The molecule has 0 saturated heterocycles. The molecule has 0 saturated carbocycles. The molecule has 0 amide bonds. The van der Waals surface area contributed by atoms with E-state index in [4.69, 9.17) is 10.00 Å². The molecular formula is C14H13N3O3. The summed E-state index contributed by atoms with van der Waals surface area (Å²) in [6.07, 6.45) is 3.08. The van der Waals surface area contributed by atoms with Crippen LogP contribution in [0.25, 0.3) is 0 Å². The maximum Gasteiger partial charge on any atom is 0.316 e. The molecule has 0 aliphatic carbocycles. The third kappa shape index (κ3) is 2.95. The average Bonchev–Trinajstić information content (AvgIpc) is 2.48. The van der Waals surface area contributed by atoms with Crippen molar-refractivity contribution >= 4 is 0 Å². The van der Waals surface area contributed by atoms with Crippen LogP contribution in [-0.4, -0.2) is 15.7 Å². The number of aromatic nitrogens is 2. The first kappa shape index (κ1) is 13.6. The molecule has 1 aromatic heterocycles. The van der Waals surface area contributed by atoms with E-state index in [1.165, 1.54) is 22.4 Å². The fraction of sp³-hybridized carbons (Fsp3) is 0.214. The van der Waals surface area contributed by atoms with Gasteiger partial charge < -0.3 is 13.9 Å². The summed E-state index contributed by atoms with van der Waals surface area (Å²) in [6.45, 7) is 0.549. The monoisotopic (exact) mass is 271 g/mol.